The van der Waals surface area contributed by atoms with E-state index in [-0.39, 0.29) is 17.2 Å². The molecule has 0 bridgehead atoms. The van der Waals surface area contributed by atoms with Crippen molar-refractivity contribution in [1.82, 2.24) is 9.55 Å². The van der Waals surface area contributed by atoms with Crippen molar-refractivity contribution in [3.8, 4) is 0 Å². The van der Waals surface area contributed by atoms with Gasteiger partial charge < -0.3 is 10.1 Å². The number of aromatic nitrogens is 2. The SMILES string of the molecule is COCCn1c(SCC(=O)Nc2cccc(SC)c2)nc2ccsc2c1=O. The molecule has 142 valence electrons. The van der Waals surface area contributed by atoms with Crippen molar-refractivity contribution in [3.63, 3.8) is 0 Å². The number of thioether (sulfide) groups is 2. The molecule has 0 unspecified atom stereocenters. The van der Waals surface area contributed by atoms with Crippen LogP contribution in [0.4, 0.5) is 5.69 Å². The molecule has 0 aliphatic carbocycles. The highest BCUT2D eigenvalue weighted by Crippen LogP contribution is 2.22. The highest BCUT2D eigenvalue weighted by Gasteiger charge is 2.14. The van der Waals surface area contributed by atoms with Gasteiger partial charge in [0.15, 0.2) is 5.16 Å². The predicted molar refractivity (Wildman–Crippen MR) is 113 cm³/mol. The number of thiophene rings is 1. The Kier molecular flexibility index (Phi) is 6.95. The Morgan fingerprint density at radius 3 is 3.00 bits per heavy atom. The van der Waals surface area contributed by atoms with E-state index in [2.05, 4.69) is 10.3 Å². The highest BCUT2D eigenvalue weighted by atomic mass is 32.2. The summed E-state index contributed by atoms with van der Waals surface area (Å²) in [5.41, 5.74) is 1.32. The van der Waals surface area contributed by atoms with Crippen molar-refractivity contribution in [3.05, 3.63) is 46.1 Å². The van der Waals surface area contributed by atoms with Gasteiger partial charge in [-0.15, -0.1) is 23.1 Å². The normalized spacial score (nSPS) is 11.0. The largest absolute Gasteiger partial charge is 0.383 e. The smallest absolute Gasteiger partial charge is 0.272 e. The first-order valence-corrected chi connectivity index (χ1v) is 11.2. The topological polar surface area (TPSA) is 73.2 Å². The van der Waals surface area contributed by atoms with Crippen LogP contribution in [0.5, 0.6) is 0 Å². The van der Waals surface area contributed by atoms with Gasteiger partial charge in [0.2, 0.25) is 5.91 Å². The molecular weight excluding hydrogens is 402 g/mol. The monoisotopic (exact) mass is 421 g/mol. The number of methoxy groups -OCH3 is 1. The van der Waals surface area contributed by atoms with Crippen LogP contribution in [-0.4, -0.2) is 41.2 Å². The van der Waals surface area contributed by atoms with Gasteiger partial charge >= 0.3 is 0 Å². The average molecular weight is 422 g/mol. The molecule has 1 amide bonds. The van der Waals surface area contributed by atoms with E-state index in [0.29, 0.717) is 28.5 Å². The molecule has 0 atom stereocenters. The molecule has 3 rings (SSSR count). The molecule has 0 aliphatic rings. The van der Waals surface area contributed by atoms with E-state index < -0.39 is 0 Å². The third-order valence-corrected chi connectivity index (χ3v) is 6.33. The van der Waals surface area contributed by atoms with Gasteiger partial charge in [0.05, 0.1) is 24.4 Å². The molecule has 0 saturated heterocycles. The van der Waals surface area contributed by atoms with Gasteiger partial charge in [-0.25, -0.2) is 4.98 Å². The van der Waals surface area contributed by atoms with E-state index in [4.69, 9.17) is 4.74 Å². The average Bonchev–Trinajstić information content (AvgIpc) is 3.15. The second-order valence-electron chi connectivity index (χ2n) is 5.55. The molecule has 0 spiro atoms. The van der Waals surface area contributed by atoms with Crippen molar-refractivity contribution in [2.24, 2.45) is 0 Å². The Bertz CT molecular complexity index is 1000. The number of fused-ring (bicyclic) bond motifs is 1. The number of carbonyl (C=O) groups excluding carboxylic acids is 1. The van der Waals surface area contributed by atoms with Crippen LogP contribution >= 0.6 is 34.9 Å². The maximum Gasteiger partial charge on any atom is 0.272 e. The van der Waals surface area contributed by atoms with Gasteiger partial charge in [0.25, 0.3) is 5.56 Å². The summed E-state index contributed by atoms with van der Waals surface area (Å²) >= 11 is 4.24. The van der Waals surface area contributed by atoms with Crippen molar-refractivity contribution < 1.29 is 9.53 Å². The zero-order valence-corrected chi connectivity index (χ0v) is 17.4. The molecule has 3 aromatic rings. The minimum atomic E-state index is -0.142. The summed E-state index contributed by atoms with van der Waals surface area (Å²) in [6.45, 7) is 0.801. The second kappa shape index (κ2) is 9.41. The quantitative estimate of drug-likeness (QED) is 0.443. The van der Waals surface area contributed by atoms with Crippen LogP contribution < -0.4 is 10.9 Å². The summed E-state index contributed by atoms with van der Waals surface area (Å²) in [7, 11) is 1.59. The van der Waals surface area contributed by atoms with Gasteiger partial charge in [-0.1, -0.05) is 17.8 Å². The van der Waals surface area contributed by atoms with Crippen LogP contribution in [0.25, 0.3) is 10.2 Å². The highest BCUT2D eigenvalue weighted by molar-refractivity contribution is 7.99. The molecule has 0 aliphatic heterocycles. The number of carbonyl (C=O) groups is 1. The third kappa shape index (κ3) is 4.92. The van der Waals surface area contributed by atoms with Crippen molar-refractivity contribution >= 4 is 56.7 Å². The lowest BCUT2D eigenvalue weighted by Gasteiger charge is -2.11. The van der Waals surface area contributed by atoms with E-state index in [0.717, 1.165) is 10.6 Å². The number of amides is 1. The first kappa shape index (κ1) is 19.9. The number of benzene rings is 1. The van der Waals surface area contributed by atoms with Crippen LogP contribution in [-0.2, 0) is 16.1 Å². The van der Waals surface area contributed by atoms with Crippen LogP contribution in [0.1, 0.15) is 0 Å². The van der Waals surface area contributed by atoms with E-state index >= 15 is 0 Å². The number of rotatable bonds is 8. The van der Waals surface area contributed by atoms with Gasteiger partial charge in [-0.05, 0) is 35.9 Å². The van der Waals surface area contributed by atoms with E-state index in [1.807, 2.05) is 42.0 Å². The fourth-order valence-electron chi connectivity index (χ4n) is 2.44. The minimum absolute atomic E-state index is 0.0948. The van der Waals surface area contributed by atoms with E-state index in [1.165, 1.54) is 23.1 Å². The van der Waals surface area contributed by atoms with Gasteiger partial charge in [0.1, 0.15) is 4.70 Å². The summed E-state index contributed by atoms with van der Waals surface area (Å²) < 4.78 is 7.30. The first-order chi connectivity index (χ1) is 13.1. The molecule has 1 aromatic carbocycles. The number of nitrogens with zero attached hydrogens (tertiary/aromatic N) is 2. The number of hydrogen-bond acceptors (Lipinski definition) is 7. The molecule has 2 aromatic heterocycles. The Hall–Kier alpha value is -1.81. The fraction of sp³-hybridized carbons (Fsp3) is 0.278. The molecule has 0 radical (unpaired) electrons. The number of anilines is 1. The number of hydrogen-bond donors (Lipinski definition) is 1. The summed E-state index contributed by atoms with van der Waals surface area (Å²) in [5.74, 6) is 0.0228. The molecule has 0 fully saturated rings. The standard InChI is InChI=1S/C18H19N3O3S3/c1-24-8-7-21-17(23)16-14(6-9-26-16)20-18(21)27-11-15(22)19-12-4-3-5-13(10-12)25-2/h3-6,9-10H,7-8,11H2,1-2H3,(H,19,22). The number of nitrogens with one attached hydrogen (secondary N) is 1. The lowest BCUT2D eigenvalue weighted by molar-refractivity contribution is -0.113. The molecule has 27 heavy (non-hydrogen) atoms. The molecule has 9 heteroatoms. The summed E-state index contributed by atoms with van der Waals surface area (Å²) in [6.07, 6.45) is 1.99. The van der Waals surface area contributed by atoms with Gasteiger partial charge in [-0.3, -0.25) is 14.2 Å². The Balaban J connectivity index is 1.75. The van der Waals surface area contributed by atoms with Crippen LogP contribution in [0, 0.1) is 0 Å². The third-order valence-electron chi connectivity index (χ3n) is 3.74. The predicted octanol–water partition coefficient (Wildman–Crippen LogP) is 3.56. The maximum absolute atomic E-state index is 12.7. The van der Waals surface area contributed by atoms with Crippen LogP contribution in [0.15, 0.2) is 50.6 Å². The second-order valence-corrected chi connectivity index (χ2v) is 8.29. The van der Waals surface area contributed by atoms with E-state index in [9.17, 15) is 9.59 Å². The zero-order chi connectivity index (χ0) is 19.2. The first-order valence-electron chi connectivity index (χ1n) is 8.16. The van der Waals surface area contributed by atoms with Gasteiger partial charge in [0, 0.05) is 17.7 Å². The Labute approximate surface area is 169 Å². The molecule has 6 nitrogen and oxygen atoms in total. The van der Waals surface area contributed by atoms with Crippen LogP contribution in [0.2, 0.25) is 0 Å². The molecule has 2 heterocycles. The molecule has 1 N–H and O–H groups in total. The maximum atomic E-state index is 12.7. The summed E-state index contributed by atoms with van der Waals surface area (Å²) in [6, 6.07) is 9.50. The lowest BCUT2D eigenvalue weighted by atomic mass is 10.3. The summed E-state index contributed by atoms with van der Waals surface area (Å²) in [5, 5.41) is 5.26. The molecule has 0 saturated carbocycles. The lowest BCUT2D eigenvalue weighted by Crippen LogP contribution is -2.25. The molecular formula is C18H19N3O3S3. The fourth-order valence-corrected chi connectivity index (χ4v) is 4.50. The number of ether oxygens (including phenoxy) is 1. The van der Waals surface area contributed by atoms with Crippen molar-refractivity contribution in [2.45, 2.75) is 16.6 Å². The van der Waals surface area contributed by atoms with Crippen LogP contribution in [0.3, 0.4) is 0 Å². The van der Waals surface area contributed by atoms with Gasteiger partial charge in [-0.2, -0.15) is 0 Å². The van der Waals surface area contributed by atoms with Crippen molar-refractivity contribution in [1.29, 1.82) is 0 Å². The minimum Gasteiger partial charge on any atom is -0.383 e. The van der Waals surface area contributed by atoms with Crippen molar-refractivity contribution in [2.75, 3.05) is 31.0 Å². The van der Waals surface area contributed by atoms with E-state index in [1.54, 1.807) is 23.4 Å². The Morgan fingerprint density at radius 1 is 1.37 bits per heavy atom. The Morgan fingerprint density at radius 2 is 2.22 bits per heavy atom. The summed E-state index contributed by atoms with van der Waals surface area (Å²) in [4.78, 5) is 30.7. The zero-order valence-electron chi connectivity index (χ0n) is 14.9.